The molecule has 114 valence electrons. The Labute approximate surface area is 128 Å². The average Bonchev–Trinajstić information content (AvgIpc) is 2.84. The van der Waals surface area contributed by atoms with Crippen LogP contribution in [0.1, 0.15) is 12.8 Å². The predicted octanol–water partition coefficient (Wildman–Crippen LogP) is 0.874. The Hall–Kier alpha value is -0.250. The number of thiazole rings is 1. The Balaban J connectivity index is 2.23. The highest BCUT2D eigenvalue weighted by Gasteiger charge is 2.34. The molecule has 0 aromatic carbocycles. The van der Waals surface area contributed by atoms with Crippen LogP contribution in [0.25, 0.3) is 0 Å². The van der Waals surface area contributed by atoms with E-state index >= 15 is 0 Å². The maximum Gasteiger partial charge on any atom is 0.254 e. The van der Waals surface area contributed by atoms with E-state index in [2.05, 4.69) is 9.88 Å². The summed E-state index contributed by atoms with van der Waals surface area (Å²) in [5, 5.41) is 9.18. The first kappa shape index (κ1) is 16.1. The molecule has 1 saturated heterocycles. The summed E-state index contributed by atoms with van der Waals surface area (Å²) in [7, 11) is -1.62. The van der Waals surface area contributed by atoms with Crippen LogP contribution in [0.2, 0.25) is 4.47 Å². The van der Waals surface area contributed by atoms with Crippen molar-refractivity contribution in [3.63, 3.8) is 0 Å². The average molecular weight is 340 g/mol. The van der Waals surface area contributed by atoms with Crippen LogP contribution < -0.4 is 0 Å². The molecule has 1 aromatic heterocycles. The van der Waals surface area contributed by atoms with Crippen molar-refractivity contribution in [3.05, 3.63) is 10.7 Å². The van der Waals surface area contributed by atoms with Gasteiger partial charge in [-0.15, -0.1) is 0 Å². The van der Waals surface area contributed by atoms with Crippen molar-refractivity contribution >= 4 is 33.0 Å². The number of hydrogen-bond donors (Lipinski definition) is 1. The van der Waals surface area contributed by atoms with Crippen LogP contribution >= 0.6 is 22.9 Å². The summed E-state index contributed by atoms with van der Waals surface area (Å²) in [5.74, 6) is 0. The van der Waals surface area contributed by atoms with Gasteiger partial charge in [0, 0.05) is 12.6 Å². The largest absolute Gasteiger partial charge is 0.395 e. The summed E-state index contributed by atoms with van der Waals surface area (Å²) in [6.45, 7) is 1.61. The molecule has 20 heavy (non-hydrogen) atoms. The van der Waals surface area contributed by atoms with Gasteiger partial charge in [0.15, 0.2) is 8.68 Å². The molecule has 1 aliphatic heterocycles. The lowest BCUT2D eigenvalue weighted by molar-refractivity contribution is 0.161. The first-order valence-corrected chi connectivity index (χ1v) is 9.01. The molecule has 2 rings (SSSR count). The van der Waals surface area contributed by atoms with Gasteiger partial charge in [0.25, 0.3) is 10.0 Å². The number of sulfonamides is 1. The molecule has 0 unspecified atom stereocenters. The summed E-state index contributed by atoms with van der Waals surface area (Å²) in [5.41, 5.74) is 0. The fraction of sp³-hybridized carbons (Fsp3) is 0.727. The normalized spacial score (nSPS) is 18.8. The van der Waals surface area contributed by atoms with Crippen LogP contribution in [0.4, 0.5) is 0 Å². The molecule has 9 heteroatoms. The van der Waals surface area contributed by atoms with Gasteiger partial charge in [-0.25, -0.2) is 13.4 Å². The molecular formula is C11H18ClN3O3S2. The highest BCUT2D eigenvalue weighted by molar-refractivity contribution is 7.91. The molecule has 0 bridgehead atoms. The Bertz CT molecular complexity index is 541. The molecule has 1 aliphatic rings. The standard InChI is InChI=1S/C11H18ClN3O3S2/c1-14-4-2-9(3-5-14)15(6-7-16)20(17,18)10-8-13-11(12)19-10/h8-9,16H,2-7H2,1H3. The van der Waals surface area contributed by atoms with E-state index in [0.717, 1.165) is 37.3 Å². The minimum atomic E-state index is -3.63. The number of rotatable bonds is 5. The topological polar surface area (TPSA) is 73.7 Å². The summed E-state index contributed by atoms with van der Waals surface area (Å²) >= 11 is 6.67. The second-order valence-electron chi connectivity index (χ2n) is 4.81. The Kier molecular flexibility index (Phi) is 5.38. The van der Waals surface area contributed by atoms with Crippen molar-refractivity contribution in [1.82, 2.24) is 14.2 Å². The van der Waals surface area contributed by atoms with E-state index in [1.807, 2.05) is 7.05 Å². The van der Waals surface area contributed by atoms with Gasteiger partial charge in [-0.1, -0.05) is 22.9 Å². The zero-order valence-electron chi connectivity index (χ0n) is 11.2. The van der Waals surface area contributed by atoms with Gasteiger partial charge in [-0.3, -0.25) is 0 Å². The van der Waals surface area contributed by atoms with E-state index in [1.54, 1.807) is 0 Å². The molecule has 0 amide bonds. The van der Waals surface area contributed by atoms with E-state index in [-0.39, 0.29) is 27.9 Å². The second kappa shape index (κ2) is 6.67. The Morgan fingerprint density at radius 3 is 2.70 bits per heavy atom. The van der Waals surface area contributed by atoms with E-state index in [0.29, 0.717) is 0 Å². The van der Waals surface area contributed by atoms with Crippen molar-refractivity contribution < 1.29 is 13.5 Å². The molecule has 2 heterocycles. The van der Waals surface area contributed by atoms with Gasteiger partial charge >= 0.3 is 0 Å². The lowest BCUT2D eigenvalue weighted by atomic mass is 10.1. The zero-order valence-corrected chi connectivity index (χ0v) is 13.6. The van der Waals surface area contributed by atoms with Crippen molar-refractivity contribution in [2.75, 3.05) is 33.3 Å². The third-order valence-corrected chi connectivity index (χ3v) is 6.94. The number of aliphatic hydroxyl groups excluding tert-OH is 1. The predicted molar refractivity (Wildman–Crippen MR) is 78.6 cm³/mol. The Morgan fingerprint density at radius 1 is 1.55 bits per heavy atom. The quantitative estimate of drug-likeness (QED) is 0.861. The monoisotopic (exact) mass is 339 g/mol. The van der Waals surface area contributed by atoms with Gasteiger partial charge < -0.3 is 10.0 Å². The van der Waals surface area contributed by atoms with Gasteiger partial charge in [-0.05, 0) is 33.0 Å². The molecule has 0 saturated carbocycles. The molecule has 1 aromatic rings. The molecular weight excluding hydrogens is 322 g/mol. The molecule has 1 N–H and O–H groups in total. The SMILES string of the molecule is CN1CCC(N(CCO)S(=O)(=O)c2cnc(Cl)s2)CC1. The number of hydrogen-bond acceptors (Lipinski definition) is 6. The maximum absolute atomic E-state index is 12.6. The van der Waals surface area contributed by atoms with Crippen LogP contribution in [0.5, 0.6) is 0 Å². The minimum Gasteiger partial charge on any atom is -0.395 e. The number of aliphatic hydroxyl groups is 1. The van der Waals surface area contributed by atoms with Gasteiger partial charge in [0.05, 0.1) is 12.8 Å². The number of halogens is 1. The number of nitrogens with zero attached hydrogens (tertiary/aromatic N) is 3. The second-order valence-corrected chi connectivity index (χ2v) is 8.54. The fourth-order valence-electron chi connectivity index (χ4n) is 2.35. The first-order chi connectivity index (χ1) is 9.45. The lowest BCUT2D eigenvalue weighted by Crippen LogP contribution is -2.47. The lowest BCUT2D eigenvalue weighted by Gasteiger charge is -2.35. The highest BCUT2D eigenvalue weighted by Crippen LogP contribution is 2.28. The van der Waals surface area contributed by atoms with E-state index in [1.165, 1.54) is 10.5 Å². The van der Waals surface area contributed by atoms with Crippen LogP contribution in [0.15, 0.2) is 10.4 Å². The summed E-state index contributed by atoms with van der Waals surface area (Å²) in [4.78, 5) is 5.96. The van der Waals surface area contributed by atoms with Gasteiger partial charge in [0.2, 0.25) is 0 Å². The van der Waals surface area contributed by atoms with Crippen molar-refractivity contribution in [3.8, 4) is 0 Å². The molecule has 0 spiro atoms. The number of likely N-dealkylation sites (tertiary alicyclic amines) is 1. The molecule has 0 aliphatic carbocycles. The zero-order chi connectivity index (χ0) is 14.8. The highest BCUT2D eigenvalue weighted by atomic mass is 35.5. The van der Waals surface area contributed by atoms with Gasteiger partial charge in [0.1, 0.15) is 0 Å². The smallest absolute Gasteiger partial charge is 0.254 e. The summed E-state index contributed by atoms with van der Waals surface area (Å²) in [6, 6.07) is -0.0794. The van der Waals surface area contributed by atoms with Crippen LogP contribution in [-0.4, -0.2) is 67.0 Å². The Morgan fingerprint density at radius 2 is 2.20 bits per heavy atom. The third-order valence-electron chi connectivity index (χ3n) is 3.43. The molecule has 0 radical (unpaired) electrons. The minimum absolute atomic E-state index is 0.0794. The first-order valence-electron chi connectivity index (χ1n) is 6.37. The van der Waals surface area contributed by atoms with Crippen molar-refractivity contribution in [1.29, 1.82) is 0 Å². The summed E-state index contributed by atoms with van der Waals surface area (Å²) < 4.78 is 27.0. The van der Waals surface area contributed by atoms with E-state index in [4.69, 9.17) is 11.6 Å². The van der Waals surface area contributed by atoms with Crippen LogP contribution in [-0.2, 0) is 10.0 Å². The van der Waals surface area contributed by atoms with E-state index in [9.17, 15) is 13.5 Å². The summed E-state index contributed by atoms with van der Waals surface area (Å²) in [6.07, 6.45) is 2.81. The van der Waals surface area contributed by atoms with Gasteiger partial charge in [-0.2, -0.15) is 4.31 Å². The number of aromatic nitrogens is 1. The van der Waals surface area contributed by atoms with Crippen molar-refractivity contribution in [2.45, 2.75) is 23.1 Å². The molecule has 0 atom stereocenters. The van der Waals surface area contributed by atoms with Crippen LogP contribution in [0.3, 0.4) is 0 Å². The third kappa shape index (κ3) is 3.49. The molecule has 6 nitrogen and oxygen atoms in total. The fourth-order valence-corrected chi connectivity index (χ4v) is 5.45. The molecule has 1 fully saturated rings. The van der Waals surface area contributed by atoms with Crippen LogP contribution in [0, 0.1) is 0 Å². The number of piperidine rings is 1. The van der Waals surface area contributed by atoms with Crippen molar-refractivity contribution in [2.24, 2.45) is 0 Å². The van der Waals surface area contributed by atoms with E-state index < -0.39 is 10.0 Å². The maximum atomic E-state index is 12.6.